The number of oxime groups is 1. The van der Waals surface area contributed by atoms with Gasteiger partial charge in [-0.25, -0.2) is 0 Å². The van der Waals surface area contributed by atoms with E-state index in [1.54, 1.807) is 6.92 Å². The Labute approximate surface area is 142 Å². The molecule has 0 amide bonds. The molecule has 0 fully saturated rings. The lowest BCUT2D eigenvalue weighted by atomic mass is 10.1. The summed E-state index contributed by atoms with van der Waals surface area (Å²) in [4.78, 5) is -0.297. The molecule has 2 rings (SSSR count). The maximum atomic E-state index is 13.2. The van der Waals surface area contributed by atoms with Gasteiger partial charge in [-0.1, -0.05) is 35.0 Å². The van der Waals surface area contributed by atoms with Crippen LogP contribution in [0.15, 0.2) is 58.6 Å². The molecule has 0 aromatic heterocycles. The molecule has 0 heterocycles. The molecule has 9 heteroatoms. The third-order valence-electron chi connectivity index (χ3n) is 3.15. The number of alkyl halides is 3. The number of methoxy groups -OCH3 is 1. The summed E-state index contributed by atoms with van der Waals surface area (Å²) in [6.07, 6.45) is -4.92. The van der Waals surface area contributed by atoms with Crippen molar-refractivity contribution >= 4 is 15.8 Å². The van der Waals surface area contributed by atoms with Crippen LogP contribution in [0.4, 0.5) is 13.2 Å². The lowest BCUT2D eigenvalue weighted by Gasteiger charge is -2.11. The number of halogens is 3. The van der Waals surface area contributed by atoms with Gasteiger partial charge in [0.1, 0.15) is 10.6 Å². The summed E-state index contributed by atoms with van der Waals surface area (Å²) >= 11 is 0. The van der Waals surface area contributed by atoms with E-state index in [0.29, 0.717) is 0 Å². The molecular formula is C16H14F3NO4S. The van der Waals surface area contributed by atoms with E-state index in [4.69, 9.17) is 4.74 Å². The van der Waals surface area contributed by atoms with Gasteiger partial charge in [0.15, 0.2) is 5.71 Å². The smallest absolute Gasteiger partial charge is 0.437 e. The molecule has 2 aromatic carbocycles. The van der Waals surface area contributed by atoms with Crippen molar-refractivity contribution in [2.75, 3.05) is 7.11 Å². The van der Waals surface area contributed by atoms with E-state index in [0.717, 1.165) is 17.7 Å². The summed E-state index contributed by atoms with van der Waals surface area (Å²) in [6.45, 7) is 1.74. The van der Waals surface area contributed by atoms with Crippen molar-refractivity contribution in [3.63, 3.8) is 0 Å². The topological polar surface area (TPSA) is 65.0 Å². The van der Waals surface area contributed by atoms with Crippen molar-refractivity contribution in [2.24, 2.45) is 5.16 Å². The van der Waals surface area contributed by atoms with Crippen LogP contribution in [0.5, 0.6) is 5.75 Å². The Morgan fingerprint density at radius 3 is 2.28 bits per heavy atom. The predicted molar refractivity (Wildman–Crippen MR) is 85.0 cm³/mol. The van der Waals surface area contributed by atoms with Crippen LogP contribution < -0.4 is 4.74 Å². The molecule has 134 valence electrons. The van der Waals surface area contributed by atoms with Gasteiger partial charge in [-0.15, -0.1) is 0 Å². The zero-order chi connectivity index (χ0) is 18.7. The first-order valence-electron chi connectivity index (χ1n) is 6.93. The SMILES string of the molecule is COc1cccc(C(=NOS(=O)(=O)c2ccc(C)cc2)C(F)(F)F)c1. The van der Waals surface area contributed by atoms with Crippen LogP contribution in [0, 0.1) is 6.92 Å². The fourth-order valence-corrected chi connectivity index (χ4v) is 2.60. The Bertz CT molecular complexity index is 875. The van der Waals surface area contributed by atoms with Crippen molar-refractivity contribution in [2.45, 2.75) is 18.0 Å². The number of aryl methyl sites for hydroxylation is 1. The molecule has 0 unspecified atom stereocenters. The largest absolute Gasteiger partial charge is 0.497 e. The molecule has 0 bridgehead atoms. The first-order chi connectivity index (χ1) is 11.6. The minimum absolute atomic E-state index is 0.163. The van der Waals surface area contributed by atoms with E-state index in [2.05, 4.69) is 9.44 Å². The van der Waals surface area contributed by atoms with Crippen molar-refractivity contribution in [3.8, 4) is 5.75 Å². The van der Waals surface area contributed by atoms with Gasteiger partial charge in [-0.05, 0) is 31.2 Å². The number of hydrogen-bond donors (Lipinski definition) is 0. The van der Waals surface area contributed by atoms with Gasteiger partial charge in [-0.2, -0.15) is 21.6 Å². The van der Waals surface area contributed by atoms with E-state index in [-0.39, 0.29) is 16.2 Å². The van der Waals surface area contributed by atoms with Gasteiger partial charge < -0.3 is 4.74 Å². The molecule has 0 aliphatic rings. The van der Waals surface area contributed by atoms with Crippen molar-refractivity contribution in [1.29, 1.82) is 0 Å². The maximum Gasteiger partial charge on any atom is 0.437 e. The third-order valence-corrected chi connectivity index (χ3v) is 4.27. The molecule has 0 saturated carbocycles. The molecule has 0 atom stereocenters. The molecule has 0 N–H and O–H groups in total. The molecule has 25 heavy (non-hydrogen) atoms. The molecule has 5 nitrogen and oxygen atoms in total. The summed E-state index contributed by atoms with van der Waals surface area (Å²) in [5.74, 6) is 0.163. The lowest BCUT2D eigenvalue weighted by Crippen LogP contribution is -2.25. The highest BCUT2D eigenvalue weighted by atomic mass is 32.2. The molecule has 0 saturated heterocycles. The van der Waals surface area contributed by atoms with E-state index in [1.807, 2.05) is 0 Å². The van der Waals surface area contributed by atoms with E-state index < -0.39 is 22.0 Å². The second kappa shape index (κ2) is 7.14. The summed E-state index contributed by atoms with van der Waals surface area (Å²) < 4.78 is 72.8. The fraction of sp³-hybridized carbons (Fsp3) is 0.188. The highest BCUT2D eigenvalue weighted by Gasteiger charge is 2.38. The molecule has 2 aromatic rings. The molecular weight excluding hydrogens is 359 g/mol. The van der Waals surface area contributed by atoms with Crippen LogP contribution >= 0.6 is 0 Å². The van der Waals surface area contributed by atoms with Crippen molar-refractivity contribution in [1.82, 2.24) is 0 Å². The average Bonchev–Trinajstić information content (AvgIpc) is 2.54. The fourth-order valence-electron chi connectivity index (χ4n) is 1.87. The average molecular weight is 373 g/mol. The third kappa shape index (κ3) is 4.72. The minimum atomic E-state index is -4.92. The molecule has 0 aliphatic heterocycles. The van der Waals surface area contributed by atoms with Gasteiger partial charge in [0.2, 0.25) is 0 Å². The monoisotopic (exact) mass is 373 g/mol. The number of hydrogen-bond acceptors (Lipinski definition) is 5. The molecule has 0 aliphatic carbocycles. The van der Waals surface area contributed by atoms with E-state index in [1.165, 1.54) is 43.5 Å². The Morgan fingerprint density at radius 1 is 1.08 bits per heavy atom. The Balaban J connectivity index is 2.40. The normalized spacial score (nSPS) is 12.8. The number of ether oxygens (including phenoxy) is 1. The molecule has 0 spiro atoms. The minimum Gasteiger partial charge on any atom is -0.497 e. The standard InChI is InChI=1S/C16H14F3NO4S/c1-11-6-8-14(9-7-11)25(21,22)24-20-15(16(17,18)19)12-4-3-5-13(10-12)23-2/h3-10H,1-2H3. The van der Waals surface area contributed by atoms with E-state index in [9.17, 15) is 21.6 Å². The number of nitrogens with zero attached hydrogens (tertiary/aromatic N) is 1. The van der Waals surface area contributed by atoms with Gasteiger partial charge >= 0.3 is 16.3 Å². The van der Waals surface area contributed by atoms with Crippen LogP contribution in [0.3, 0.4) is 0 Å². The van der Waals surface area contributed by atoms with E-state index >= 15 is 0 Å². The van der Waals surface area contributed by atoms with Gasteiger partial charge in [0.25, 0.3) is 0 Å². The highest BCUT2D eigenvalue weighted by Crippen LogP contribution is 2.26. The first-order valence-corrected chi connectivity index (χ1v) is 8.34. The van der Waals surface area contributed by atoms with Crippen LogP contribution in [0.1, 0.15) is 11.1 Å². The summed E-state index contributed by atoms with van der Waals surface area (Å²) in [5.41, 5.74) is -1.08. The quantitative estimate of drug-likeness (QED) is 0.592. The van der Waals surface area contributed by atoms with Gasteiger partial charge in [0, 0.05) is 5.56 Å². The zero-order valence-corrected chi connectivity index (χ0v) is 14.1. The van der Waals surface area contributed by atoms with Gasteiger partial charge in [0.05, 0.1) is 7.11 Å². The second-order valence-corrected chi connectivity index (χ2v) is 6.54. The Kier molecular flexibility index (Phi) is 5.36. The van der Waals surface area contributed by atoms with Crippen LogP contribution in [-0.4, -0.2) is 27.4 Å². The zero-order valence-electron chi connectivity index (χ0n) is 13.2. The number of benzene rings is 2. The highest BCUT2D eigenvalue weighted by molar-refractivity contribution is 7.86. The Morgan fingerprint density at radius 2 is 1.72 bits per heavy atom. The first kappa shape index (κ1) is 18.8. The lowest BCUT2D eigenvalue weighted by molar-refractivity contribution is -0.0597. The van der Waals surface area contributed by atoms with Crippen molar-refractivity contribution in [3.05, 3.63) is 59.7 Å². The van der Waals surface area contributed by atoms with Crippen LogP contribution in [0.25, 0.3) is 0 Å². The maximum absolute atomic E-state index is 13.2. The number of rotatable bonds is 5. The summed E-state index contributed by atoms with van der Waals surface area (Å²) in [6, 6.07) is 10.4. The molecule has 0 radical (unpaired) electrons. The van der Waals surface area contributed by atoms with Crippen LogP contribution in [-0.2, 0) is 14.4 Å². The summed E-state index contributed by atoms with van der Waals surface area (Å²) in [7, 11) is -3.18. The van der Waals surface area contributed by atoms with Crippen molar-refractivity contribution < 1.29 is 30.6 Å². The Hall–Kier alpha value is -2.55. The summed E-state index contributed by atoms with van der Waals surface area (Å²) in [5, 5.41) is 2.86. The van der Waals surface area contributed by atoms with Crippen LogP contribution in [0.2, 0.25) is 0 Å². The second-order valence-electron chi connectivity index (χ2n) is 5.01. The van der Waals surface area contributed by atoms with Gasteiger partial charge in [-0.3, -0.25) is 4.28 Å². The predicted octanol–water partition coefficient (Wildman–Crippen LogP) is 3.68.